The molecule has 0 atom stereocenters. The summed E-state index contributed by atoms with van der Waals surface area (Å²) in [7, 11) is -0.638. The number of nitrogens with zero attached hydrogens (tertiary/aromatic N) is 7. The molecule has 0 amide bonds. The van der Waals surface area contributed by atoms with Gasteiger partial charge in [0.15, 0.2) is 5.82 Å². The smallest absolute Gasteiger partial charge is 0.227 e. The highest BCUT2D eigenvalue weighted by atomic mass is 32.2. The van der Waals surface area contributed by atoms with E-state index in [0.29, 0.717) is 30.4 Å². The molecule has 3 aromatic rings. The molecule has 0 aliphatic carbocycles. The van der Waals surface area contributed by atoms with E-state index in [2.05, 4.69) is 38.9 Å². The largest absolute Gasteiger partial charge is 0.390 e. The second kappa shape index (κ2) is 8.12. The van der Waals surface area contributed by atoms with Gasteiger partial charge in [0.05, 0.1) is 16.5 Å². The zero-order valence-electron chi connectivity index (χ0n) is 20.4. The van der Waals surface area contributed by atoms with E-state index in [1.807, 2.05) is 29.9 Å². The van der Waals surface area contributed by atoms with Gasteiger partial charge in [0.25, 0.3) is 0 Å². The molecule has 35 heavy (non-hydrogen) atoms. The van der Waals surface area contributed by atoms with Crippen molar-refractivity contribution >= 4 is 45.1 Å². The molecular weight excluding hydrogens is 464 g/mol. The SMILES string of the molecule is CC(C)n1nc(N2CC3(C2)CS(=O)C3)c2cnc(Nc3ccnc(N4CCC(C)(O)CC4)n3)cc21. The first kappa shape index (κ1) is 22.7. The average Bonchev–Trinajstić information content (AvgIpc) is 3.14. The van der Waals surface area contributed by atoms with Crippen molar-refractivity contribution in [2.75, 3.05) is 52.8 Å². The van der Waals surface area contributed by atoms with Gasteiger partial charge in [-0.2, -0.15) is 10.1 Å². The molecule has 3 aliphatic heterocycles. The van der Waals surface area contributed by atoms with Gasteiger partial charge in [0.1, 0.15) is 11.6 Å². The van der Waals surface area contributed by atoms with Crippen LogP contribution in [0.15, 0.2) is 24.5 Å². The van der Waals surface area contributed by atoms with Gasteiger partial charge in [-0.15, -0.1) is 0 Å². The molecule has 6 heterocycles. The fraction of sp³-hybridized carbons (Fsp3) is 0.583. The Kier molecular flexibility index (Phi) is 5.26. The highest BCUT2D eigenvalue weighted by molar-refractivity contribution is 7.86. The highest BCUT2D eigenvalue weighted by Gasteiger charge is 2.52. The van der Waals surface area contributed by atoms with Gasteiger partial charge in [0.2, 0.25) is 5.95 Å². The third-order valence-corrected chi connectivity index (χ3v) is 9.24. The zero-order valence-corrected chi connectivity index (χ0v) is 21.3. The van der Waals surface area contributed by atoms with E-state index in [0.717, 1.165) is 54.4 Å². The summed E-state index contributed by atoms with van der Waals surface area (Å²) in [6, 6.07) is 4.07. The van der Waals surface area contributed by atoms with Crippen molar-refractivity contribution in [2.45, 2.75) is 45.3 Å². The molecule has 0 bridgehead atoms. The van der Waals surface area contributed by atoms with Crippen LogP contribution in [-0.4, -0.2) is 77.3 Å². The standard InChI is InChI=1S/C24H32N8O2S/c1-16(2)32-18-10-20(26-11-17(18)21(29-32)31-12-24(13-31)14-35(34)15-24)27-19-4-7-25-22(28-19)30-8-5-23(3,33)6-9-30/h4,7,10-11,16,33H,5-6,8-9,12-15H2,1-3H3,(H,25,26,27,28). The molecule has 3 aromatic heterocycles. The first-order valence-corrected chi connectivity index (χ1v) is 13.7. The van der Waals surface area contributed by atoms with Gasteiger partial charge in [-0.1, -0.05) is 0 Å². The first-order valence-electron chi connectivity index (χ1n) is 12.3. The summed E-state index contributed by atoms with van der Waals surface area (Å²) in [5, 5.41) is 19.5. The fourth-order valence-electron chi connectivity index (χ4n) is 5.34. The van der Waals surface area contributed by atoms with Crippen LogP contribution in [0.5, 0.6) is 0 Å². The summed E-state index contributed by atoms with van der Waals surface area (Å²) in [4.78, 5) is 18.2. The first-order chi connectivity index (χ1) is 16.7. The summed E-state index contributed by atoms with van der Waals surface area (Å²) in [5.41, 5.74) is 0.637. The van der Waals surface area contributed by atoms with Crippen LogP contribution in [0.1, 0.15) is 39.7 Å². The number of aliphatic hydroxyl groups is 1. The highest BCUT2D eigenvalue weighted by Crippen LogP contribution is 2.43. The van der Waals surface area contributed by atoms with Gasteiger partial charge in [-0.25, -0.2) is 9.97 Å². The lowest BCUT2D eigenvalue weighted by atomic mass is 9.83. The van der Waals surface area contributed by atoms with Crippen molar-refractivity contribution in [3.05, 3.63) is 24.5 Å². The number of piperidine rings is 1. The predicted octanol–water partition coefficient (Wildman–Crippen LogP) is 2.47. The number of hydrogen-bond acceptors (Lipinski definition) is 9. The van der Waals surface area contributed by atoms with E-state index in [1.165, 1.54) is 0 Å². The molecule has 3 aliphatic rings. The van der Waals surface area contributed by atoms with Gasteiger partial charge in [-0.3, -0.25) is 8.89 Å². The van der Waals surface area contributed by atoms with Crippen molar-refractivity contribution in [1.29, 1.82) is 0 Å². The Morgan fingerprint density at radius 1 is 1.11 bits per heavy atom. The van der Waals surface area contributed by atoms with Crippen LogP contribution in [0.4, 0.5) is 23.4 Å². The van der Waals surface area contributed by atoms with Crippen LogP contribution < -0.4 is 15.1 Å². The van der Waals surface area contributed by atoms with E-state index in [9.17, 15) is 9.32 Å². The molecule has 0 saturated carbocycles. The Bertz CT molecular complexity index is 1280. The number of pyridine rings is 1. The maximum atomic E-state index is 11.6. The van der Waals surface area contributed by atoms with Crippen LogP contribution in [-0.2, 0) is 10.8 Å². The average molecular weight is 497 g/mol. The van der Waals surface area contributed by atoms with Crippen molar-refractivity contribution in [1.82, 2.24) is 24.7 Å². The van der Waals surface area contributed by atoms with Crippen LogP contribution in [0.2, 0.25) is 0 Å². The Labute approximate surface area is 207 Å². The number of hydrogen-bond donors (Lipinski definition) is 2. The summed E-state index contributed by atoms with van der Waals surface area (Å²) >= 11 is 0. The van der Waals surface area contributed by atoms with Gasteiger partial charge in [-0.05, 0) is 39.7 Å². The van der Waals surface area contributed by atoms with Crippen molar-refractivity contribution in [3.63, 3.8) is 0 Å². The Morgan fingerprint density at radius 3 is 2.54 bits per heavy atom. The molecule has 1 spiro atoms. The minimum atomic E-state index is -0.638. The third kappa shape index (κ3) is 4.14. The number of aromatic nitrogens is 5. The predicted molar refractivity (Wildman–Crippen MR) is 138 cm³/mol. The quantitative estimate of drug-likeness (QED) is 0.550. The van der Waals surface area contributed by atoms with E-state index >= 15 is 0 Å². The van der Waals surface area contributed by atoms with E-state index < -0.39 is 16.4 Å². The molecule has 10 nitrogen and oxygen atoms in total. The molecule has 11 heteroatoms. The van der Waals surface area contributed by atoms with Crippen molar-refractivity contribution < 1.29 is 9.32 Å². The number of anilines is 4. The Hall–Kier alpha value is -2.79. The van der Waals surface area contributed by atoms with E-state index in [1.54, 1.807) is 6.20 Å². The van der Waals surface area contributed by atoms with Crippen LogP contribution in [0, 0.1) is 5.41 Å². The molecule has 3 saturated heterocycles. The molecule has 0 unspecified atom stereocenters. The lowest BCUT2D eigenvalue weighted by Crippen LogP contribution is -2.67. The third-order valence-electron chi connectivity index (χ3n) is 7.37. The van der Waals surface area contributed by atoms with Gasteiger partial charge >= 0.3 is 0 Å². The molecule has 0 aromatic carbocycles. The number of fused-ring (bicyclic) bond motifs is 1. The number of rotatable bonds is 5. The maximum absolute atomic E-state index is 11.6. The van der Waals surface area contributed by atoms with Crippen molar-refractivity contribution in [2.24, 2.45) is 5.41 Å². The Morgan fingerprint density at radius 2 is 1.86 bits per heavy atom. The second-order valence-electron chi connectivity index (χ2n) is 10.9. The van der Waals surface area contributed by atoms with Gasteiger partial charge in [0, 0.05) is 78.4 Å². The molecule has 186 valence electrons. The minimum absolute atomic E-state index is 0.204. The van der Waals surface area contributed by atoms with Crippen molar-refractivity contribution in [3.8, 4) is 0 Å². The van der Waals surface area contributed by atoms with E-state index in [4.69, 9.17) is 10.1 Å². The van der Waals surface area contributed by atoms with E-state index in [-0.39, 0.29) is 11.5 Å². The topological polar surface area (TPSA) is 112 Å². The summed E-state index contributed by atoms with van der Waals surface area (Å²) in [5.74, 6) is 4.63. The molecule has 6 rings (SSSR count). The molecule has 2 N–H and O–H groups in total. The Balaban J connectivity index is 1.23. The maximum Gasteiger partial charge on any atom is 0.227 e. The summed E-state index contributed by atoms with van der Waals surface area (Å²) < 4.78 is 13.7. The minimum Gasteiger partial charge on any atom is -0.390 e. The second-order valence-corrected chi connectivity index (χ2v) is 12.3. The van der Waals surface area contributed by atoms with Crippen LogP contribution in [0.3, 0.4) is 0 Å². The van der Waals surface area contributed by atoms with Crippen LogP contribution >= 0.6 is 0 Å². The number of nitrogens with one attached hydrogen (secondary N) is 1. The van der Waals surface area contributed by atoms with Crippen LogP contribution in [0.25, 0.3) is 10.9 Å². The summed E-state index contributed by atoms with van der Waals surface area (Å²) in [6.45, 7) is 9.42. The lowest BCUT2D eigenvalue weighted by Gasteiger charge is -2.55. The monoisotopic (exact) mass is 496 g/mol. The fourth-order valence-corrected chi connectivity index (χ4v) is 6.99. The zero-order chi connectivity index (χ0) is 24.4. The summed E-state index contributed by atoms with van der Waals surface area (Å²) in [6.07, 6.45) is 5.03. The normalized spacial score (nSPS) is 21.4. The lowest BCUT2D eigenvalue weighted by molar-refractivity contribution is 0.0349. The molecule has 0 radical (unpaired) electrons. The van der Waals surface area contributed by atoms with Gasteiger partial charge < -0.3 is 20.2 Å². The molecule has 3 fully saturated rings. The molecular formula is C24H32N8O2S.